The lowest BCUT2D eigenvalue weighted by molar-refractivity contribution is -0.142. The first-order chi connectivity index (χ1) is 13.6. The van der Waals surface area contributed by atoms with Gasteiger partial charge in [-0.2, -0.15) is 0 Å². The fourth-order valence-electron chi connectivity index (χ4n) is 4.25. The van der Waals surface area contributed by atoms with Gasteiger partial charge in [0.2, 0.25) is 5.91 Å². The maximum Gasteiger partial charge on any atom is 0.253 e. The summed E-state index contributed by atoms with van der Waals surface area (Å²) in [5.74, 6) is 0.256. The third kappa shape index (κ3) is 3.94. The second-order valence-electron chi connectivity index (χ2n) is 7.75. The number of hydrogen-bond acceptors (Lipinski definition) is 3. The van der Waals surface area contributed by atoms with Crippen LogP contribution in [0.4, 0.5) is 0 Å². The maximum atomic E-state index is 13.1. The summed E-state index contributed by atoms with van der Waals surface area (Å²) < 4.78 is 0. The van der Waals surface area contributed by atoms with E-state index >= 15 is 0 Å². The van der Waals surface area contributed by atoms with E-state index in [0.29, 0.717) is 26.1 Å². The van der Waals surface area contributed by atoms with Gasteiger partial charge in [0.1, 0.15) is 0 Å². The number of nitrogens with zero attached hydrogens (tertiary/aromatic N) is 3. The number of benzene rings is 2. The van der Waals surface area contributed by atoms with Crippen LogP contribution in [0, 0.1) is 6.92 Å². The molecule has 146 valence electrons. The average Bonchev–Trinajstić information content (AvgIpc) is 2.93. The molecular formula is C23H27N3O2. The summed E-state index contributed by atoms with van der Waals surface area (Å²) in [7, 11) is 0. The lowest BCUT2D eigenvalue weighted by atomic mass is 10.1. The molecule has 1 atom stereocenters. The first kappa shape index (κ1) is 18.7. The highest BCUT2D eigenvalue weighted by molar-refractivity contribution is 5.94. The molecule has 5 nitrogen and oxygen atoms in total. The van der Waals surface area contributed by atoms with E-state index in [1.807, 2.05) is 46.2 Å². The molecule has 1 unspecified atom stereocenters. The molecule has 28 heavy (non-hydrogen) atoms. The standard InChI is InChI=1S/C23H27N3O2/c1-18-6-5-7-19(16-18)17-26-15-13-24-12-14-25(11-10-21(24)23(26)28)22(27)20-8-3-2-4-9-20/h2-9,16,21H,10-15,17H2,1H3. The Hall–Kier alpha value is -2.66. The number of rotatable bonds is 3. The largest absolute Gasteiger partial charge is 0.337 e. The van der Waals surface area contributed by atoms with Crippen molar-refractivity contribution in [3.63, 3.8) is 0 Å². The molecule has 0 aromatic heterocycles. The summed E-state index contributed by atoms with van der Waals surface area (Å²) in [6, 6.07) is 17.6. The van der Waals surface area contributed by atoms with Crippen LogP contribution in [-0.2, 0) is 11.3 Å². The Bertz CT molecular complexity index is 852. The first-order valence-corrected chi connectivity index (χ1v) is 10.0. The first-order valence-electron chi connectivity index (χ1n) is 10.0. The van der Waals surface area contributed by atoms with Gasteiger partial charge in [-0.25, -0.2) is 0 Å². The van der Waals surface area contributed by atoms with Crippen LogP contribution >= 0.6 is 0 Å². The normalized spacial score (nSPS) is 20.6. The predicted octanol–water partition coefficient (Wildman–Crippen LogP) is 2.55. The van der Waals surface area contributed by atoms with E-state index < -0.39 is 0 Å². The topological polar surface area (TPSA) is 43.9 Å². The quantitative estimate of drug-likeness (QED) is 0.826. The Morgan fingerprint density at radius 3 is 2.54 bits per heavy atom. The number of carbonyl (C=O) groups excluding carboxylic acids is 2. The molecule has 0 radical (unpaired) electrons. The van der Waals surface area contributed by atoms with Crippen molar-refractivity contribution in [2.45, 2.75) is 25.9 Å². The molecule has 0 N–H and O–H groups in total. The highest BCUT2D eigenvalue weighted by Gasteiger charge is 2.37. The third-order valence-corrected chi connectivity index (χ3v) is 5.79. The molecule has 0 bridgehead atoms. The summed E-state index contributed by atoms with van der Waals surface area (Å²) in [5, 5.41) is 0. The van der Waals surface area contributed by atoms with Gasteiger partial charge in [0, 0.05) is 44.8 Å². The van der Waals surface area contributed by atoms with Crippen LogP contribution in [0.25, 0.3) is 0 Å². The Morgan fingerprint density at radius 2 is 1.75 bits per heavy atom. The van der Waals surface area contributed by atoms with E-state index in [-0.39, 0.29) is 17.9 Å². The minimum atomic E-state index is -0.118. The van der Waals surface area contributed by atoms with Crippen molar-refractivity contribution < 1.29 is 9.59 Å². The van der Waals surface area contributed by atoms with Crippen LogP contribution in [0.2, 0.25) is 0 Å². The zero-order valence-electron chi connectivity index (χ0n) is 16.4. The third-order valence-electron chi connectivity index (χ3n) is 5.79. The smallest absolute Gasteiger partial charge is 0.253 e. The molecule has 5 heteroatoms. The molecule has 2 aromatic carbocycles. The SMILES string of the molecule is Cc1cccc(CN2CCN3CCN(C(=O)c4ccccc4)CCC3C2=O)c1. The number of fused-ring (bicyclic) bond motifs is 1. The average molecular weight is 377 g/mol. The van der Waals surface area contributed by atoms with E-state index in [2.05, 4.69) is 30.0 Å². The Morgan fingerprint density at radius 1 is 0.964 bits per heavy atom. The molecule has 2 aliphatic rings. The Balaban J connectivity index is 1.42. The van der Waals surface area contributed by atoms with Crippen molar-refractivity contribution in [1.82, 2.24) is 14.7 Å². The van der Waals surface area contributed by atoms with Crippen molar-refractivity contribution in [1.29, 1.82) is 0 Å². The van der Waals surface area contributed by atoms with Gasteiger partial charge in [0.15, 0.2) is 0 Å². The van der Waals surface area contributed by atoms with Crippen molar-refractivity contribution in [2.24, 2.45) is 0 Å². The van der Waals surface area contributed by atoms with E-state index in [1.54, 1.807) is 0 Å². The van der Waals surface area contributed by atoms with E-state index in [0.717, 1.165) is 25.2 Å². The highest BCUT2D eigenvalue weighted by Crippen LogP contribution is 2.21. The number of carbonyl (C=O) groups is 2. The van der Waals surface area contributed by atoms with Crippen LogP contribution in [-0.4, -0.2) is 65.3 Å². The number of piperazine rings is 1. The molecular weight excluding hydrogens is 350 g/mol. The van der Waals surface area contributed by atoms with E-state index in [4.69, 9.17) is 0 Å². The van der Waals surface area contributed by atoms with Crippen molar-refractivity contribution >= 4 is 11.8 Å². The summed E-state index contributed by atoms with van der Waals surface area (Å²) in [4.78, 5) is 32.0. The lowest BCUT2D eigenvalue weighted by Crippen LogP contribution is -2.56. The van der Waals surface area contributed by atoms with Gasteiger partial charge < -0.3 is 9.80 Å². The van der Waals surface area contributed by atoms with Gasteiger partial charge in [-0.15, -0.1) is 0 Å². The molecule has 0 aliphatic carbocycles. The van der Waals surface area contributed by atoms with Gasteiger partial charge >= 0.3 is 0 Å². The molecule has 2 saturated heterocycles. The van der Waals surface area contributed by atoms with Gasteiger partial charge in [-0.3, -0.25) is 14.5 Å². The Kier molecular flexibility index (Phi) is 5.44. The zero-order chi connectivity index (χ0) is 19.5. The van der Waals surface area contributed by atoms with Gasteiger partial charge in [-0.05, 0) is 31.0 Å². The van der Waals surface area contributed by atoms with Crippen molar-refractivity contribution in [2.75, 3.05) is 32.7 Å². The fourth-order valence-corrected chi connectivity index (χ4v) is 4.25. The fraction of sp³-hybridized carbons (Fsp3) is 0.391. The minimum absolute atomic E-state index is 0.0597. The molecule has 0 spiro atoms. The lowest BCUT2D eigenvalue weighted by Gasteiger charge is -2.39. The van der Waals surface area contributed by atoms with E-state index in [1.165, 1.54) is 11.1 Å². The van der Waals surface area contributed by atoms with Gasteiger partial charge in [0.25, 0.3) is 5.91 Å². The van der Waals surface area contributed by atoms with Gasteiger partial charge in [-0.1, -0.05) is 48.0 Å². The molecule has 2 aromatic rings. The molecule has 2 fully saturated rings. The van der Waals surface area contributed by atoms with Crippen molar-refractivity contribution in [3.05, 3.63) is 71.3 Å². The van der Waals surface area contributed by atoms with Gasteiger partial charge in [0.05, 0.1) is 6.04 Å². The maximum absolute atomic E-state index is 13.1. The summed E-state index contributed by atoms with van der Waals surface area (Å²) in [6.07, 6.45) is 0.696. The second kappa shape index (κ2) is 8.15. The number of amides is 2. The molecule has 2 aliphatic heterocycles. The van der Waals surface area contributed by atoms with Crippen LogP contribution in [0.5, 0.6) is 0 Å². The molecule has 2 heterocycles. The van der Waals surface area contributed by atoms with Crippen LogP contribution in [0.15, 0.2) is 54.6 Å². The molecule has 4 rings (SSSR count). The zero-order valence-corrected chi connectivity index (χ0v) is 16.4. The number of aryl methyl sites for hydroxylation is 1. The monoisotopic (exact) mass is 377 g/mol. The number of hydrogen-bond donors (Lipinski definition) is 0. The summed E-state index contributed by atoms with van der Waals surface area (Å²) in [6.45, 7) is 6.41. The van der Waals surface area contributed by atoms with Crippen LogP contribution < -0.4 is 0 Å². The minimum Gasteiger partial charge on any atom is -0.337 e. The molecule has 0 saturated carbocycles. The van der Waals surface area contributed by atoms with Crippen LogP contribution in [0.3, 0.4) is 0 Å². The van der Waals surface area contributed by atoms with Crippen LogP contribution in [0.1, 0.15) is 27.9 Å². The second-order valence-corrected chi connectivity index (χ2v) is 7.75. The predicted molar refractivity (Wildman–Crippen MR) is 109 cm³/mol. The van der Waals surface area contributed by atoms with Crippen molar-refractivity contribution in [3.8, 4) is 0 Å². The van der Waals surface area contributed by atoms with E-state index in [9.17, 15) is 9.59 Å². The summed E-state index contributed by atoms with van der Waals surface area (Å²) >= 11 is 0. The molecule has 2 amide bonds. The Labute approximate surface area is 166 Å². The summed E-state index contributed by atoms with van der Waals surface area (Å²) in [5.41, 5.74) is 3.11. The highest BCUT2D eigenvalue weighted by atomic mass is 16.2.